The van der Waals surface area contributed by atoms with Crippen LogP contribution in [0.15, 0.2) is 30.6 Å². The van der Waals surface area contributed by atoms with Crippen LogP contribution >= 0.6 is 0 Å². The van der Waals surface area contributed by atoms with Crippen LogP contribution in [-0.2, 0) is 4.74 Å². The van der Waals surface area contributed by atoms with E-state index in [1.54, 1.807) is 29.3 Å². The number of aromatic nitrogens is 3. The summed E-state index contributed by atoms with van der Waals surface area (Å²) in [5, 5.41) is 2.65. The number of pyridine rings is 1. The molecule has 3 heterocycles. The monoisotopic (exact) mass is 399 g/mol. The maximum absolute atomic E-state index is 12.5. The predicted octanol–water partition coefficient (Wildman–Crippen LogP) is 1.76. The average Bonchev–Trinajstić information content (AvgIpc) is 2.68. The molecule has 3 N–H and O–H groups in total. The molecule has 0 atom stereocenters. The third-order valence-corrected chi connectivity index (χ3v) is 4.17. The molecule has 0 unspecified atom stereocenters. The molecule has 2 amide bonds. The van der Waals surface area contributed by atoms with Crippen molar-refractivity contribution in [3.63, 3.8) is 0 Å². The topological polar surface area (TPSA) is 127 Å². The van der Waals surface area contributed by atoms with Crippen molar-refractivity contribution in [2.45, 2.75) is 26.4 Å². The lowest BCUT2D eigenvalue weighted by Crippen LogP contribution is -2.50. The van der Waals surface area contributed by atoms with E-state index in [2.05, 4.69) is 20.3 Å². The molecule has 0 bridgehead atoms. The van der Waals surface area contributed by atoms with Crippen LogP contribution in [0, 0.1) is 0 Å². The van der Waals surface area contributed by atoms with Gasteiger partial charge in [-0.2, -0.15) is 0 Å². The fraction of sp³-hybridized carbons (Fsp3) is 0.421. The van der Waals surface area contributed by atoms with Crippen LogP contribution in [0.3, 0.4) is 0 Å². The first-order chi connectivity index (χ1) is 13.7. The van der Waals surface area contributed by atoms with E-state index in [0.29, 0.717) is 37.8 Å². The number of nitrogens with one attached hydrogen (secondary N) is 1. The minimum Gasteiger partial charge on any atom is -0.444 e. The summed E-state index contributed by atoms with van der Waals surface area (Å²) in [7, 11) is 0. The average molecular weight is 399 g/mol. The van der Waals surface area contributed by atoms with E-state index in [0.717, 1.165) is 0 Å². The molecule has 1 aliphatic heterocycles. The molecular formula is C19H25N7O3. The van der Waals surface area contributed by atoms with E-state index in [9.17, 15) is 9.59 Å². The first kappa shape index (κ1) is 20.3. The van der Waals surface area contributed by atoms with Gasteiger partial charge in [-0.25, -0.2) is 19.7 Å². The van der Waals surface area contributed by atoms with Gasteiger partial charge in [-0.3, -0.25) is 4.79 Å². The second kappa shape index (κ2) is 8.29. The summed E-state index contributed by atoms with van der Waals surface area (Å²) in [6.45, 7) is 7.55. The summed E-state index contributed by atoms with van der Waals surface area (Å²) >= 11 is 0. The molecule has 2 aromatic rings. The van der Waals surface area contributed by atoms with Crippen LogP contribution in [-0.4, -0.2) is 63.6 Å². The molecule has 2 aromatic heterocycles. The van der Waals surface area contributed by atoms with Crippen molar-refractivity contribution in [1.29, 1.82) is 0 Å². The highest BCUT2D eigenvalue weighted by Crippen LogP contribution is 2.18. The van der Waals surface area contributed by atoms with Crippen LogP contribution in [0.25, 0.3) is 0 Å². The molecule has 10 heteroatoms. The number of piperazine rings is 1. The van der Waals surface area contributed by atoms with Crippen molar-refractivity contribution in [3.8, 4) is 0 Å². The first-order valence-electron chi connectivity index (χ1n) is 9.31. The zero-order valence-electron chi connectivity index (χ0n) is 16.8. The van der Waals surface area contributed by atoms with Gasteiger partial charge in [-0.05, 0) is 32.9 Å². The van der Waals surface area contributed by atoms with E-state index in [4.69, 9.17) is 10.5 Å². The number of rotatable bonds is 3. The van der Waals surface area contributed by atoms with E-state index in [1.807, 2.05) is 25.7 Å². The van der Waals surface area contributed by atoms with Gasteiger partial charge in [0, 0.05) is 32.4 Å². The zero-order chi connectivity index (χ0) is 21.0. The highest BCUT2D eigenvalue weighted by Gasteiger charge is 2.27. The number of nitrogen functional groups attached to an aromatic ring is 1. The smallest absolute Gasteiger partial charge is 0.410 e. The molecule has 0 saturated carbocycles. The molecule has 10 nitrogen and oxygen atoms in total. The van der Waals surface area contributed by atoms with Gasteiger partial charge in [0.1, 0.15) is 17.2 Å². The molecule has 0 radical (unpaired) electrons. The van der Waals surface area contributed by atoms with Gasteiger partial charge >= 0.3 is 6.09 Å². The van der Waals surface area contributed by atoms with E-state index in [1.165, 1.54) is 6.20 Å². The Balaban J connectivity index is 1.66. The Bertz CT molecular complexity index is 875. The summed E-state index contributed by atoms with van der Waals surface area (Å²) in [5.74, 6) is 0.474. The second-order valence-electron chi connectivity index (χ2n) is 7.59. The van der Waals surface area contributed by atoms with Crippen LogP contribution in [0.5, 0.6) is 0 Å². The molecule has 1 saturated heterocycles. The number of carbonyl (C=O) groups is 2. The van der Waals surface area contributed by atoms with Gasteiger partial charge in [-0.1, -0.05) is 6.07 Å². The molecule has 0 aliphatic carbocycles. The molecule has 154 valence electrons. The molecule has 1 aliphatic rings. The third-order valence-electron chi connectivity index (χ3n) is 4.17. The van der Waals surface area contributed by atoms with Gasteiger partial charge in [-0.15, -0.1) is 0 Å². The molecule has 0 spiro atoms. The standard InChI is InChI=1S/C19H25N7O3/c1-19(2,3)29-18(28)26-10-8-25(9-11-26)14-12-22-16(20)15(24-14)17(27)23-13-6-4-5-7-21-13/h4-7,12H,8-11H2,1-3H3,(H2,20,22)(H,21,23,27). The molecule has 0 aromatic carbocycles. The van der Waals surface area contributed by atoms with E-state index in [-0.39, 0.29) is 17.6 Å². The minimum absolute atomic E-state index is 0.0303. The Labute approximate surface area is 169 Å². The van der Waals surface area contributed by atoms with Crippen LogP contribution < -0.4 is 16.0 Å². The Morgan fingerprint density at radius 2 is 1.86 bits per heavy atom. The van der Waals surface area contributed by atoms with Crippen molar-refractivity contribution in [2.24, 2.45) is 0 Å². The highest BCUT2D eigenvalue weighted by molar-refractivity contribution is 6.05. The molecule has 1 fully saturated rings. The Morgan fingerprint density at radius 1 is 1.14 bits per heavy atom. The second-order valence-corrected chi connectivity index (χ2v) is 7.59. The number of anilines is 3. The quantitative estimate of drug-likeness (QED) is 0.799. The molecule has 3 rings (SSSR count). The highest BCUT2D eigenvalue weighted by atomic mass is 16.6. The lowest BCUT2D eigenvalue weighted by Gasteiger charge is -2.36. The minimum atomic E-state index is -0.535. The zero-order valence-corrected chi connectivity index (χ0v) is 16.8. The maximum Gasteiger partial charge on any atom is 0.410 e. The van der Waals surface area contributed by atoms with Gasteiger partial charge in [0.25, 0.3) is 5.91 Å². The van der Waals surface area contributed by atoms with Crippen molar-refractivity contribution >= 4 is 29.5 Å². The number of ether oxygens (including phenoxy) is 1. The summed E-state index contributed by atoms with van der Waals surface area (Å²) in [6.07, 6.45) is 2.76. The number of nitrogens with two attached hydrogens (primary N) is 1. The van der Waals surface area contributed by atoms with Gasteiger partial charge in [0.15, 0.2) is 11.5 Å². The Morgan fingerprint density at radius 3 is 2.48 bits per heavy atom. The normalized spacial score (nSPS) is 14.4. The molecular weight excluding hydrogens is 374 g/mol. The number of amides is 2. The lowest BCUT2D eigenvalue weighted by atomic mass is 10.2. The van der Waals surface area contributed by atoms with Crippen LogP contribution in [0.1, 0.15) is 31.3 Å². The number of nitrogens with zero attached hydrogens (tertiary/aromatic N) is 5. The van der Waals surface area contributed by atoms with E-state index >= 15 is 0 Å². The van der Waals surface area contributed by atoms with E-state index < -0.39 is 11.5 Å². The first-order valence-corrected chi connectivity index (χ1v) is 9.31. The fourth-order valence-electron chi connectivity index (χ4n) is 2.77. The van der Waals surface area contributed by atoms with Crippen molar-refractivity contribution in [3.05, 3.63) is 36.3 Å². The van der Waals surface area contributed by atoms with Crippen molar-refractivity contribution in [2.75, 3.05) is 42.1 Å². The van der Waals surface area contributed by atoms with Crippen molar-refractivity contribution < 1.29 is 14.3 Å². The van der Waals surface area contributed by atoms with Gasteiger partial charge < -0.3 is 25.6 Å². The predicted molar refractivity (Wildman–Crippen MR) is 109 cm³/mol. The van der Waals surface area contributed by atoms with Crippen molar-refractivity contribution in [1.82, 2.24) is 19.9 Å². The SMILES string of the molecule is CC(C)(C)OC(=O)N1CCN(c2cnc(N)c(C(=O)Nc3ccccn3)n2)CC1. The largest absolute Gasteiger partial charge is 0.444 e. The number of hydrogen-bond donors (Lipinski definition) is 2. The Kier molecular flexibility index (Phi) is 5.81. The maximum atomic E-state index is 12.5. The summed E-state index contributed by atoms with van der Waals surface area (Å²) in [6, 6.07) is 5.18. The lowest BCUT2D eigenvalue weighted by molar-refractivity contribution is 0.0240. The van der Waals surface area contributed by atoms with Crippen LogP contribution in [0.2, 0.25) is 0 Å². The van der Waals surface area contributed by atoms with Gasteiger partial charge in [0.2, 0.25) is 0 Å². The molecule has 29 heavy (non-hydrogen) atoms. The summed E-state index contributed by atoms with van der Waals surface area (Å²) in [5.41, 5.74) is 5.35. The summed E-state index contributed by atoms with van der Waals surface area (Å²) in [4.78, 5) is 40.9. The summed E-state index contributed by atoms with van der Waals surface area (Å²) < 4.78 is 5.41. The Hall–Kier alpha value is -3.43. The third kappa shape index (κ3) is 5.31. The number of carbonyl (C=O) groups excluding carboxylic acids is 2. The van der Waals surface area contributed by atoms with Gasteiger partial charge in [0.05, 0.1) is 6.20 Å². The fourth-order valence-corrected chi connectivity index (χ4v) is 2.77. The van der Waals surface area contributed by atoms with Crippen LogP contribution in [0.4, 0.5) is 22.2 Å². The number of hydrogen-bond acceptors (Lipinski definition) is 8.